The van der Waals surface area contributed by atoms with E-state index in [0.717, 1.165) is 36.2 Å². The number of aliphatic hydroxyl groups excluding tert-OH is 1. The first-order valence-corrected chi connectivity index (χ1v) is 14.4. The number of carbonyl (C=O) groups is 3. The number of nitrogens with two attached hydrogens (primary N) is 1. The standard InChI is InChI=1S/C26H40N6O4S2/c1-6-7-12-31(4)15-23(34)28-14-24(35)32(5)21(17(2)3)13-22(33)26-29-20(16-37-26)25(36)30-38-19-10-8-18(27)9-11-19/h8-11,16-17,21-22,33H,6-7,12-15,27H2,1-5H3,(H,28,34)(H,30,36). The van der Waals surface area contributed by atoms with E-state index < -0.39 is 6.10 Å². The molecule has 0 radical (unpaired) electrons. The summed E-state index contributed by atoms with van der Waals surface area (Å²) in [5.74, 6) is -0.757. The van der Waals surface area contributed by atoms with Gasteiger partial charge in [0, 0.05) is 35.5 Å². The number of likely N-dealkylation sites (N-methyl/N-ethyl adjacent to an activating group) is 2. The first-order chi connectivity index (χ1) is 18.0. The number of anilines is 1. The van der Waals surface area contributed by atoms with Crippen LogP contribution in [-0.4, -0.2) is 77.4 Å². The molecule has 5 N–H and O–H groups in total. The third kappa shape index (κ3) is 10.2. The zero-order chi connectivity index (χ0) is 28.2. The number of hydrogen-bond acceptors (Lipinski definition) is 9. The van der Waals surface area contributed by atoms with Crippen molar-refractivity contribution in [3.05, 3.63) is 40.3 Å². The molecule has 10 nitrogen and oxygen atoms in total. The molecule has 12 heteroatoms. The molecule has 0 saturated heterocycles. The number of benzene rings is 1. The van der Waals surface area contributed by atoms with E-state index in [2.05, 4.69) is 21.9 Å². The quantitative estimate of drug-likeness (QED) is 0.191. The van der Waals surface area contributed by atoms with Gasteiger partial charge in [0.15, 0.2) is 0 Å². The number of carbonyl (C=O) groups excluding carboxylic acids is 3. The van der Waals surface area contributed by atoms with Gasteiger partial charge >= 0.3 is 0 Å². The fourth-order valence-corrected chi connectivity index (χ4v) is 5.12. The summed E-state index contributed by atoms with van der Waals surface area (Å²) in [4.78, 5) is 46.2. The Morgan fingerprint density at radius 3 is 2.50 bits per heavy atom. The lowest BCUT2D eigenvalue weighted by Gasteiger charge is -2.32. The highest BCUT2D eigenvalue weighted by molar-refractivity contribution is 7.98. The van der Waals surface area contributed by atoms with Gasteiger partial charge in [-0.2, -0.15) is 0 Å². The molecular weight excluding hydrogens is 524 g/mol. The van der Waals surface area contributed by atoms with E-state index in [1.54, 1.807) is 41.6 Å². The van der Waals surface area contributed by atoms with Crippen LogP contribution < -0.4 is 15.8 Å². The van der Waals surface area contributed by atoms with Crippen molar-refractivity contribution in [3.63, 3.8) is 0 Å². The predicted octanol–water partition coefficient (Wildman–Crippen LogP) is 2.92. The summed E-state index contributed by atoms with van der Waals surface area (Å²) in [6, 6.07) is 6.82. The second kappa shape index (κ2) is 15.7. The number of aliphatic hydroxyl groups is 1. The Labute approximate surface area is 233 Å². The molecule has 0 aliphatic rings. The van der Waals surface area contributed by atoms with Crippen molar-refractivity contribution in [2.24, 2.45) is 5.92 Å². The molecule has 2 atom stereocenters. The van der Waals surface area contributed by atoms with E-state index in [0.29, 0.717) is 10.7 Å². The monoisotopic (exact) mass is 564 g/mol. The van der Waals surface area contributed by atoms with Crippen molar-refractivity contribution < 1.29 is 19.5 Å². The zero-order valence-electron chi connectivity index (χ0n) is 22.8. The third-order valence-corrected chi connectivity index (χ3v) is 7.79. The van der Waals surface area contributed by atoms with Crippen LogP contribution >= 0.6 is 23.3 Å². The van der Waals surface area contributed by atoms with Crippen LogP contribution in [0.5, 0.6) is 0 Å². The maximum atomic E-state index is 12.8. The van der Waals surface area contributed by atoms with Crippen molar-refractivity contribution in [2.45, 2.75) is 57.1 Å². The van der Waals surface area contributed by atoms with Gasteiger partial charge in [0.05, 0.1) is 13.1 Å². The Morgan fingerprint density at radius 1 is 1.18 bits per heavy atom. The van der Waals surface area contributed by atoms with Crippen LogP contribution in [0.15, 0.2) is 34.5 Å². The van der Waals surface area contributed by atoms with Crippen molar-refractivity contribution >= 4 is 46.7 Å². The van der Waals surface area contributed by atoms with Gasteiger partial charge in [-0.05, 0) is 62.1 Å². The number of thiazole rings is 1. The van der Waals surface area contributed by atoms with Crippen LogP contribution in [0.3, 0.4) is 0 Å². The number of nitrogens with zero attached hydrogens (tertiary/aromatic N) is 3. The zero-order valence-corrected chi connectivity index (χ0v) is 24.4. The maximum absolute atomic E-state index is 12.8. The van der Waals surface area contributed by atoms with Crippen LogP contribution in [-0.2, 0) is 9.59 Å². The number of amides is 3. The molecule has 3 amide bonds. The second-order valence-corrected chi connectivity index (χ2v) is 11.4. The summed E-state index contributed by atoms with van der Waals surface area (Å²) in [5.41, 5.74) is 6.53. The largest absolute Gasteiger partial charge is 0.399 e. The molecule has 2 rings (SSSR count). The fourth-order valence-electron chi connectivity index (χ4n) is 3.74. The number of aromatic nitrogens is 1. The highest BCUT2D eigenvalue weighted by Crippen LogP contribution is 2.27. The SMILES string of the molecule is CCCCN(C)CC(=O)NCC(=O)N(C)C(CC(O)c1nc(C(=O)NSc2ccc(N)cc2)cs1)C(C)C. The van der Waals surface area contributed by atoms with E-state index in [9.17, 15) is 19.5 Å². The molecule has 2 aromatic rings. The van der Waals surface area contributed by atoms with Crippen molar-refractivity contribution in [3.8, 4) is 0 Å². The number of unbranched alkanes of at least 4 members (excludes halogenated alkanes) is 1. The van der Waals surface area contributed by atoms with Crippen LogP contribution in [0, 0.1) is 5.92 Å². The molecule has 210 valence electrons. The van der Waals surface area contributed by atoms with E-state index in [-0.39, 0.29) is 54.9 Å². The summed E-state index contributed by atoms with van der Waals surface area (Å²) in [7, 11) is 3.56. The average Bonchev–Trinajstić information content (AvgIpc) is 3.38. The van der Waals surface area contributed by atoms with E-state index in [1.807, 2.05) is 25.8 Å². The van der Waals surface area contributed by atoms with Gasteiger partial charge in [-0.1, -0.05) is 27.2 Å². The van der Waals surface area contributed by atoms with Gasteiger partial charge in [-0.25, -0.2) is 4.98 Å². The summed E-state index contributed by atoms with van der Waals surface area (Å²) in [6.07, 6.45) is 1.37. The van der Waals surface area contributed by atoms with E-state index in [4.69, 9.17) is 5.73 Å². The minimum Gasteiger partial charge on any atom is -0.399 e. The number of rotatable bonds is 15. The molecular formula is C26H40N6O4S2. The van der Waals surface area contributed by atoms with Crippen molar-refractivity contribution in [1.29, 1.82) is 0 Å². The Balaban J connectivity index is 1.89. The first kappa shape index (κ1) is 31.5. The smallest absolute Gasteiger partial charge is 0.280 e. The van der Waals surface area contributed by atoms with Crippen molar-refractivity contribution in [2.75, 3.05) is 39.5 Å². The Kier molecular flexibility index (Phi) is 13.0. The molecule has 0 spiro atoms. The molecule has 0 aliphatic heterocycles. The fraction of sp³-hybridized carbons (Fsp3) is 0.538. The van der Waals surface area contributed by atoms with Crippen LogP contribution in [0.2, 0.25) is 0 Å². The average molecular weight is 565 g/mol. The number of hydrogen-bond donors (Lipinski definition) is 4. The maximum Gasteiger partial charge on any atom is 0.280 e. The summed E-state index contributed by atoms with van der Waals surface area (Å²) in [5, 5.41) is 15.6. The van der Waals surface area contributed by atoms with Gasteiger partial charge < -0.3 is 21.1 Å². The van der Waals surface area contributed by atoms with Gasteiger partial charge in [0.1, 0.15) is 16.8 Å². The summed E-state index contributed by atoms with van der Waals surface area (Å²) < 4.78 is 2.73. The van der Waals surface area contributed by atoms with E-state index >= 15 is 0 Å². The molecule has 2 unspecified atom stereocenters. The van der Waals surface area contributed by atoms with Gasteiger partial charge in [0.25, 0.3) is 5.91 Å². The van der Waals surface area contributed by atoms with Gasteiger partial charge in [0.2, 0.25) is 11.8 Å². The Morgan fingerprint density at radius 2 is 1.87 bits per heavy atom. The minimum absolute atomic E-state index is 0.0496. The van der Waals surface area contributed by atoms with Crippen LogP contribution in [0.25, 0.3) is 0 Å². The Hall–Kier alpha value is -2.67. The topological polar surface area (TPSA) is 141 Å². The molecule has 1 aromatic carbocycles. The van der Waals surface area contributed by atoms with Gasteiger partial charge in [-0.3, -0.25) is 24.0 Å². The van der Waals surface area contributed by atoms with Crippen LogP contribution in [0.4, 0.5) is 5.69 Å². The lowest BCUT2D eigenvalue weighted by molar-refractivity contribution is -0.135. The minimum atomic E-state index is -0.948. The predicted molar refractivity (Wildman–Crippen MR) is 153 cm³/mol. The number of nitrogen functional groups attached to an aromatic ring is 1. The molecule has 0 aliphatic carbocycles. The summed E-state index contributed by atoms with van der Waals surface area (Å²) in [6.45, 7) is 6.99. The first-order valence-electron chi connectivity index (χ1n) is 12.7. The third-order valence-electron chi connectivity index (χ3n) is 6.05. The molecule has 1 aromatic heterocycles. The highest BCUT2D eigenvalue weighted by atomic mass is 32.2. The van der Waals surface area contributed by atoms with Crippen molar-refractivity contribution in [1.82, 2.24) is 24.8 Å². The molecule has 38 heavy (non-hydrogen) atoms. The molecule has 0 saturated carbocycles. The highest BCUT2D eigenvalue weighted by Gasteiger charge is 2.28. The molecule has 0 fully saturated rings. The summed E-state index contributed by atoms with van der Waals surface area (Å²) >= 11 is 2.35. The Bertz CT molecular complexity index is 1050. The molecule has 1 heterocycles. The van der Waals surface area contributed by atoms with Crippen LogP contribution in [0.1, 0.15) is 61.6 Å². The van der Waals surface area contributed by atoms with E-state index in [1.165, 1.54) is 11.3 Å². The van der Waals surface area contributed by atoms with Gasteiger partial charge in [-0.15, -0.1) is 11.3 Å². The normalized spacial score (nSPS) is 12.8. The number of nitrogens with one attached hydrogen (secondary N) is 2. The lowest BCUT2D eigenvalue weighted by atomic mass is 9.96. The molecule has 0 bridgehead atoms. The lowest BCUT2D eigenvalue weighted by Crippen LogP contribution is -2.47. The second-order valence-electron chi connectivity index (χ2n) is 9.61.